The van der Waals surface area contributed by atoms with Crippen LogP contribution in [0.3, 0.4) is 0 Å². The quantitative estimate of drug-likeness (QED) is 0.307. The molecule has 0 amide bonds. The summed E-state index contributed by atoms with van der Waals surface area (Å²) in [7, 11) is 0. The average molecular weight is 375 g/mol. The second-order valence-corrected chi connectivity index (χ2v) is 6.71. The molecule has 1 N–H and O–H groups in total. The Labute approximate surface area is 157 Å². The minimum absolute atomic E-state index is 0.101. The van der Waals surface area contributed by atoms with Crippen LogP contribution in [0.1, 0.15) is 51.0 Å². The van der Waals surface area contributed by atoms with Gasteiger partial charge in [0.2, 0.25) is 5.89 Å². The lowest BCUT2D eigenvalue weighted by molar-refractivity contribution is 0.439. The van der Waals surface area contributed by atoms with Crippen LogP contribution in [0.25, 0.3) is 5.70 Å². The maximum Gasteiger partial charge on any atom is 0.270 e. The first kappa shape index (κ1) is 19.9. The molecule has 0 saturated carbocycles. The molecule has 0 radical (unpaired) electrons. The molecule has 0 aliphatic carbocycles. The maximum absolute atomic E-state index is 13.0. The highest BCUT2D eigenvalue weighted by atomic mass is 32.1. The van der Waals surface area contributed by atoms with E-state index in [1.807, 2.05) is 6.92 Å². The average Bonchev–Trinajstić information content (AvgIpc) is 3.05. The molecule has 1 unspecified atom stereocenters. The molecular formula is C19H22FN3O2S. The normalized spacial score (nSPS) is 13.7. The highest BCUT2D eigenvalue weighted by Crippen LogP contribution is 2.21. The molecule has 2 aromatic rings. The summed E-state index contributed by atoms with van der Waals surface area (Å²) >= 11 is 5.04. The lowest BCUT2D eigenvalue weighted by atomic mass is 10.1. The van der Waals surface area contributed by atoms with E-state index in [0.717, 1.165) is 18.4 Å². The van der Waals surface area contributed by atoms with E-state index in [4.69, 9.17) is 16.6 Å². The number of aliphatic hydroxyl groups excluding tert-OH is 1. The van der Waals surface area contributed by atoms with Crippen LogP contribution < -0.4 is 0 Å². The van der Waals surface area contributed by atoms with Gasteiger partial charge in [0.15, 0.2) is 11.5 Å². The fourth-order valence-electron chi connectivity index (χ4n) is 2.31. The lowest BCUT2D eigenvalue weighted by Crippen LogP contribution is -2.00. The first-order valence-corrected chi connectivity index (χ1v) is 8.87. The molecule has 26 heavy (non-hydrogen) atoms. The summed E-state index contributed by atoms with van der Waals surface area (Å²) in [6, 6.07) is 6.05. The van der Waals surface area contributed by atoms with Crippen molar-refractivity contribution in [2.24, 2.45) is 10.9 Å². The number of aliphatic hydroxyl groups is 1. The zero-order valence-electron chi connectivity index (χ0n) is 15.1. The van der Waals surface area contributed by atoms with E-state index in [-0.39, 0.29) is 29.1 Å². The summed E-state index contributed by atoms with van der Waals surface area (Å²) in [5, 5.41) is 18.2. The standard InChI is InChI=1S/C19H22FN3O2S/c1-4-5-12(2)11-21-17(18(24)13(3)26)19-23-22-16(25-19)10-14-6-8-15(20)9-7-14/h6-9,11-12,24H,4-5,10H2,1-3H3/b18-17+,21-11-. The van der Waals surface area contributed by atoms with Crippen LogP contribution in [0.5, 0.6) is 0 Å². The predicted molar refractivity (Wildman–Crippen MR) is 104 cm³/mol. The number of allylic oxidation sites excluding steroid dienone is 1. The molecule has 7 heteroatoms. The van der Waals surface area contributed by atoms with Crippen LogP contribution in [0, 0.1) is 11.7 Å². The van der Waals surface area contributed by atoms with Crippen molar-refractivity contribution in [1.82, 2.24) is 10.2 Å². The van der Waals surface area contributed by atoms with Gasteiger partial charge >= 0.3 is 0 Å². The van der Waals surface area contributed by atoms with Crippen LogP contribution in [0.15, 0.2) is 39.4 Å². The summed E-state index contributed by atoms with van der Waals surface area (Å²) in [5.41, 5.74) is 1.00. The van der Waals surface area contributed by atoms with Crippen LogP contribution in [0.4, 0.5) is 4.39 Å². The number of hydrogen-bond donors (Lipinski definition) is 1. The number of rotatable bonds is 8. The second kappa shape index (κ2) is 9.33. The summed E-state index contributed by atoms with van der Waals surface area (Å²) in [4.78, 5) is 4.63. The minimum Gasteiger partial charge on any atom is -0.504 e. The largest absolute Gasteiger partial charge is 0.504 e. The van der Waals surface area contributed by atoms with Crippen molar-refractivity contribution in [3.63, 3.8) is 0 Å². The van der Waals surface area contributed by atoms with Gasteiger partial charge in [-0.05, 0) is 37.0 Å². The monoisotopic (exact) mass is 375 g/mol. The summed E-state index contributed by atoms with van der Waals surface area (Å²) in [5.74, 6) is 0.230. The Morgan fingerprint density at radius 1 is 1.35 bits per heavy atom. The van der Waals surface area contributed by atoms with Crippen LogP contribution in [-0.2, 0) is 6.42 Å². The van der Waals surface area contributed by atoms with Crippen LogP contribution in [-0.4, -0.2) is 26.4 Å². The van der Waals surface area contributed by atoms with E-state index in [9.17, 15) is 9.50 Å². The molecule has 0 spiro atoms. The van der Waals surface area contributed by atoms with Crippen molar-refractivity contribution in [3.05, 3.63) is 53.2 Å². The van der Waals surface area contributed by atoms with Crippen molar-refractivity contribution >= 4 is 29.0 Å². The van der Waals surface area contributed by atoms with Gasteiger partial charge in [-0.3, -0.25) is 4.99 Å². The molecule has 1 aromatic carbocycles. The zero-order valence-corrected chi connectivity index (χ0v) is 15.9. The van der Waals surface area contributed by atoms with Gasteiger partial charge in [-0.1, -0.05) is 44.6 Å². The molecule has 0 bridgehead atoms. The van der Waals surface area contributed by atoms with Gasteiger partial charge in [-0.2, -0.15) is 0 Å². The Bertz CT molecular complexity index is 812. The van der Waals surface area contributed by atoms with E-state index in [0.29, 0.717) is 17.2 Å². The third-order valence-corrected chi connectivity index (χ3v) is 3.89. The summed E-state index contributed by atoms with van der Waals surface area (Å²) in [6.07, 6.45) is 4.12. The van der Waals surface area contributed by atoms with Gasteiger partial charge in [0.1, 0.15) is 5.82 Å². The Morgan fingerprint density at radius 3 is 2.65 bits per heavy atom. The highest BCUT2D eigenvalue weighted by Gasteiger charge is 2.17. The van der Waals surface area contributed by atoms with Gasteiger partial charge in [-0.25, -0.2) is 4.39 Å². The Kier molecular flexibility index (Phi) is 7.15. The molecule has 1 aromatic heterocycles. The molecule has 1 heterocycles. The molecule has 1 atom stereocenters. The van der Waals surface area contributed by atoms with Crippen molar-refractivity contribution in [2.75, 3.05) is 0 Å². The number of nitrogens with zero attached hydrogens (tertiary/aromatic N) is 3. The second-order valence-electron chi connectivity index (χ2n) is 6.10. The number of hydrogen-bond acceptors (Lipinski definition) is 6. The number of benzene rings is 1. The topological polar surface area (TPSA) is 71.5 Å². The molecule has 0 fully saturated rings. The van der Waals surface area contributed by atoms with Gasteiger partial charge < -0.3 is 9.52 Å². The van der Waals surface area contributed by atoms with Gasteiger partial charge in [0.05, 0.1) is 11.3 Å². The molecule has 2 rings (SSSR count). The van der Waals surface area contributed by atoms with Crippen molar-refractivity contribution < 1.29 is 13.9 Å². The van der Waals surface area contributed by atoms with Crippen molar-refractivity contribution in [2.45, 2.75) is 40.0 Å². The molecule has 0 saturated heterocycles. The minimum atomic E-state index is -0.304. The van der Waals surface area contributed by atoms with Gasteiger partial charge in [0, 0.05) is 6.21 Å². The summed E-state index contributed by atoms with van der Waals surface area (Å²) in [6.45, 7) is 5.74. The number of aromatic nitrogens is 2. The molecule has 5 nitrogen and oxygen atoms in total. The Hall–Kier alpha value is -2.41. The fraction of sp³-hybridized carbons (Fsp3) is 0.368. The SMILES string of the molecule is CCCC(C)/C=N\C(=C(\O)C(C)=S)c1nnc(Cc2ccc(F)cc2)o1. The number of halogens is 1. The first-order chi connectivity index (χ1) is 12.4. The van der Waals surface area contributed by atoms with E-state index in [1.54, 1.807) is 25.3 Å². The van der Waals surface area contributed by atoms with Gasteiger partial charge in [0.25, 0.3) is 5.89 Å². The van der Waals surface area contributed by atoms with E-state index in [1.165, 1.54) is 12.1 Å². The Balaban J connectivity index is 2.26. The molecule has 0 aliphatic heterocycles. The van der Waals surface area contributed by atoms with E-state index >= 15 is 0 Å². The van der Waals surface area contributed by atoms with E-state index < -0.39 is 0 Å². The van der Waals surface area contributed by atoms with Crippen molar-refractivity contribution in [3.8, 4) is 0 Å². The Morgan fingerprint density at radius 2 is 2.04 bits per heavy atom. The zero-order chi connectivity index (χ0) is 19.1. The first-order valence-electron chi connectivity index (χ1n) is 8.46. The highest BCUT2D eigenvalue weighted by molar-refractivity contribution is 7.80. The summed E-state index contributed by atoms with van der Waals surface area (Å²) < 4.78 is 18.6. The number of aliphatic imine (C=N–C) groups is 1. The maximum atomic E-state index is 13.0. The third-order valence-electron chi connectivity index (χ3n) is 3.70. The molecular weight excluding hydrogens is 353 g/mol. The van der Waals surface area contributed by atoms with Crippen LogP contribution >= 0.6 is 12.2 Å². The van der Waals surface area contributed by atoms with Gasteiger partial charge in [-0.15, -0.1) is 10.2 Å². The number of thiocarbonyl (C=S) groups is 1. The van der Waals surface area contributed by atoms with Crippen molar-refractivity contribution in [1.29, 1.82) is 0 Å². The third kappa shape index (κ3) is 5.56. The molecule has 138 valence electrons. The lowest BCUT2D eigenvalue weighted by Gasteiger charge is -2.04. The smallest absolute Gasteiger partial charge is 0.270 e. The predicted octanol–water partition coefficient (Wildman–Crippen LogP) is 4.92. The van der Waals surface area contributed by atoms with Crippen LogP contribution in [0.2, 0.25) is 0 Å². The molecule has 0 aliphatic rings. The fourth-order valence-corrected chi connectivity index (χ4v) is 2.41. The van der Waals surface area contributed by atoms with E-state index in [2.05, 4.69) is 22.1 Å².